The van der Waals surface area contributed by atoms with E-state index >= 15 is 0 Å². The van der Waals surface area contributed by atoms with Gasteiger partial charge in [-0.05, 0) is 36.6 Å². The summed E-state index contributed by atoms with van der Waals surface area (Å²) in [6.07, 6.45) is 0.195. The van der Waals surface area contributed by atoms with Gasteiger partial charge in [-0.3, -0.25) is 29.4 Å². The molecule has 0 aromatic heterocycles. The van der Waals surface area contributed by atoms with Gasteiger partial charge >= 0.3 is 5.69 Å². The van der Waals surface area contributed by atoms with Crippen LogP contribution in [0.1, 0.15) is 41.0 Å². The Kier molecular flexibility index (Phi) is 5.40. The fourth-order valence-corrected chi connectivity index (χ4v) is 3.22. The summed E-state index contributed by atoms with van der Waals surface area (Å²) in [6, 6.07) is 8.11. The van der Waals surface area contributed by atoms with Crippen LogP contribution in [0.15, 0.2) is 42.5 Å². The largest absolute Gasteiger partial charge is 0.324 e. The van der Waals surface area contributed by atoms with Gasteiger partial charge in [-0.25, -0.2) is 0 Å². The first-order valence-corrected chi connectivity index (χ1v) is 8.92. The van der Waals surface area contributed by atoms with E-state index in [1.54, 1.807) is 12.1 Å². The molecule has 0 bridgehead atoms. The quantitative estimate of drug-likeness (QED) is 0.455. The van der Waals surface area contributed by atoms with Crippen molar-refractivity contribution in [2.75, 3.05) is 5.32 Å². The number of nitro groups is 1. The van der Waals surface area contributed by atoms with E-state index in [0.717, 1.165) is 17.0 Å². The molecule has 0 fully saturated rings. The molecule has 0 radical (unpaired) electrons. The molecule has 1 aliphatic heterocycles. The Morgan fingerprint density at radius 3 is 2.24 bits per heavy atom. The lowest BCUT2D eigenvalue weighted by Crippen LogP contribution is -2.47. The lowest BCUT2D eigenvalue weighted by Gasteiger charge is -2.26. The van der Waals surface area contributed by atoms with E-state index in [1.165, 1.54) is 18.2 Å². The number of fused-ring (bicyclic) bond motifs is 1. The highest BCUT2D eigenvalue weighted by atomic mass is 19.1. The molecule has 1 atom stereocenters. The minimum atomic E-state index is -1.12. The smallest absolute Gasteiger partial charge is 0.306 e. The number of nitrogens with one attached hydrogen (secondary N) is 1. The Hall–Kier alpha value is -3.62. The molecule has 3 amide bonds. The number of rotatable bonds is 6. The molecule has 1 aliphatic rings. The molecule has 8 nitrogen and oxygen atoms in total. The maximum absolute atomic E-state index is 13.5. The molecule has 0 saturated carbocycles. The van der Waals surface area contributed by atoms with Gasteiger partial charge in [0, 0.05) is 11.8 Å². The fourth-order valence-electron chi connectivity index (χ4n) is 3.22. The number of nitro benzene ring substituents is 1. The Morgan fingerprint density at radius 2 is 1.72 bits per heavy atom. The van der Waals surface area contributed by atoms with Gasteiger partial charge in [-0.2, -0.15) is 4.39 Å². The zero-order valence-electron chi connectivity index (χ0n) is 15.7. The number of anilines is 1. The number of imide groups is 1. The normalized spacial score (nSPS) is 14.1. The Labute approximate surface area is 165 Å². The van der Waals surface area contributed by atoms with E-state index in [-0.39, 0.29) is 29.2 Å². The second-order valence-corrected chi connectivity index (χ2v) is 7.08. The maximum atomic E-state index is 13.5. The van der Waals surface area contributed by atoms with Gasteiger partial charge in [-0.15, -0.1) is 0 Å². The van der Waals surface area contributed by atoms with Crippen molar-refractivity contribution in [3.05, 3.63) is 69.5 Å². The summed E-state index contributed by atoms with van der Waals surface area (Å²) in [5.74, 6) is -2.90. The van der Waals surface area contributed by atoms with Gasteiger partial charge in [-0.1, -0.05) is 26.0 Å². The van der Waals surface area contributed by atoms with E-state index in [0.29, 0.717) is 0 Å². The van der Waals surface area contributed by atoms with E-state index in [2.05, 4.69) is 5.32 Å². The molecule has 2 aromatic rings. The van der Waals surface area contributed by atoms with Crippen LogP contribution in [0, 0.1) is 21.8 Å². The molecule has 29 heavy (non-hydrogen) atoms. The summed E-state index contributed by atoms with van der Waals surface area (Å²) in [6.45, 7) is 3.67. The van der Waals surface area contributed by atoms with Gasteiger partial charge < -0.3 is 5.32 Å². The molecule has 1 heterocycles. The molecule has 9 heteroatoms. The van der Waals surface area contributed by atoms with Crippen LogP contribution in [-0.4, -0.2) is 33.6 Å². The van der Waals surface area contributed by atoms with Crippen LogP contribution < -0.4 is 5.32 Å². The number of carbonyl (C=O) groups excluding carboxylic acids is 3. The summed E-state index contributed by atoms with van der Waals surface area (Å²) in [5.41, 5.74) is -0.356. The van der Waals surface area contributed by atoms with Gasteiger partial charge in [0.25, 0.3) is 11.8 Å². The van der Waals surface area contributed by atoms with E-state index in [4.69, 9.17) is 0 Å². The summed E-state index contributed by atoms with van der Waals surface area (Å²) in [5, 5.41) is 13.4. The average Bonchev–Trinajstić information content (AvgIpc) is 2.92. The molecule has 0 spiro atoms. The molecule has 1 N–H and O–H groups in total. The van der Waals surface area contributed by atoms with Crippen LogP contribution in [0.5, 0.6) is 0 Å². The Bertz CT molecular complexity index is 986. The number of halogens is 1. The highest BCUT2D eigenvalue weighted by Gasteiger charge is 2.42. The molecule has 2 aromatic carbocycles. The molecular weight excluding hydrogens is 381 g/mol. The number of hydrogen-bond donors (Lipinski definition) is 1. The van der Waals surface area contributed by atoms with Crippen molar-refractivity contribution in [1.82, 2.24) is 4.90 Å². The highest BCUT2D eigenvalue weighted by molar-refractivity contribution is 6.23. The third-order valence-corrected chi connectivity index (χ3v) is 4.54. The van der Waals surface area contributed by atoms with Crippen molar-refractivity contribution in [1.29, 1.82) is 0 Å². The molecule has 0 saturated heterocycles. The zero-order chi connectivity index (χ0) is 21.3. The number of amides is 3. The summed E-state index contributed by atoms with van der Waals surface area (Å²) in [4.78, 5) is 49.4. The van der Waals surface area contributed by atoms with Crippen LogP contribution in [0.4, 0.5) is 15.8 Å². The van der Waals surface area contributed by atoms with Gasteiger partial charge in [0.2, 0.25) is 11.7 Å². The molecule has 150 valence electrons. The molecule has 1 unspecified atom stereocenters. The number of hydrogen-bond acceptors (Lipinski definition) is 5. The van der Waals surface area contributed by atoms with Crippen LogP contribution in [0.25, 0.3) is 0 Å². The van der Waals surface area contributed by atoms with Crippen LogP contribution in [0.2, 0.25) is 0 Å². The fraction of sp³-hybridized carbons (Fsp3) is 0.250. The predicted molar refractivity (Wildman–Crippen MR) is 102 cm³/mol. The maximum Gasteiger partial charge on any atom is 0.306 e. The topological polar surface area (TPSA) is 110 Å². The number of benzene rings is 2. The second kappa shape index (κ2) is 7.78. The summed E-state index contributed by atoms with van der Waals surface area (Å²) in [7, 11) is 0. The van der Waals surface area contributed by atoms with E-state index in [9.17, 15) is 28.9 Å². The minimum absolute atomic E-state index is 0.00605. The van der Waals surface area contributed by atoms with Gasteiger partial charge in [0.05, 0.1) is 16.1 Å². The predicted octanol–water partition coefficient (Wildman–Crippen LogP) is 3.38. The first-order valence-electron chi connectivity index (χ1n) is 8.92. The third kappa shape index (κ3) is 3.84. The lowest BCUT2D eigenvalue weighted by atomic mass is 10.0. The highest BCUT2D eigenvalue weighted by Crippen LogP contribution is 2.28. The van der Waals surface area contributed by atoms with Crippen molar-refractivity contribution in [3.63, 3.8) is 0 Å². The van der Waals surface area contributed by atoms with Crippen molar-refractivity contribution in [2.24, 2.45) is 5.92 Å². The lowest BCUT2D eigenvalue weighted by molar-refractivity contribution is -0.387. The minimum Gasteiger partial charge on any atom is -0.324 e. The average molecular weight is 399 g/mol. The van der Waals surface area contributed by atoms with Gasteiger partial charge in [0.15, 0.2) is 0 Å². The number of nitrogens with zero attached hydrogens (tertiary/aromatic N) is 2. The van der Waals surface area contributed by atoms with Crippen LogP contribution in [-0.2, 0) is 4.79 Å². The standard InChI is InChI=1S/C20H18FN3O5/c1-11(2)9-17(23-19(26)13-5-3-4-6-14(13)20(23)27)18(25)22-12-7-8-15(21)16(10-12)24(28)29/h3-8,10-11,17H,9H2,1-2H3,(H,22,25). The van der Waals surface area contributed by atoms with Crippen LogP contribution in [0.3, 0.4) is 0 Å². The van der Waals surface area contributed by atoms with Crippen molar-refractivity contribution < 1.29 is 23.7 Å². The molecule has 3 rings (SSSR count). The summed E-state index contributed by atoms with van der Waals surface area (Å²) >= 11 is 0. The van der Waals surface area contributed by atoms with E-state index < -0.39 is 40.2 Å². The zero-order valence-corrected chi connectivity index (χ0v) is 15.7. The molecular formula is C20H18FN3O5. The van der Waals surface area contributed by atoms with Crippen molar-refractivity contribution in [2.45, 2.75) is 26.3 Å². The first kappa shape index (κ1) is 20.1. The molecule has 0 aliphatic carbocycles. The van der Waals surface area contributed by atoms with Crippen molar-refractivity contribution in [3.8, 4) is 0 Å². The van der Waals surface area contributed by atoms with Crippen molar-refractivity contribution >= 4 is 29.1 Å². The van der Waals surface area contributed by atoms with Gasteiger partial charge in [0.1, 0.15) is 6.04 Å². The third-order valence-electron chi connectivity index (χ3n) is 4.54. The Balaban J connectivity index is 1.91. The summed E-state index contributed by atoms with van der Waals surface area (Å²) < 4.78 is 13.5. The first-order chi connectivity index (χ1) is 13.7. The number of carbonyl (C=O) groups is 3. The SMILES string of the molecule is CC(C)CC(C(=O)Nc1ccc(F)c([N+](=O)[O-])c1)N1C(=O)c2ccccc2C1=O. The Morgan fingerprint density at radius 1 is 1.14 bits per heavy atom. The second-order valence-electron chi connectivity index (χ2n) is 7.08. The monoisotopic (exact) mass is 399 g/mol. The van der Waals surface area contributed by atoms with Crippen LogP contribution >= 0.6 is 0 Å². The van der Waals surface area contributed by atoms with E-state index in [1.807, 2.05) is 13.8 Å².